The average molecular weight is 441 g/mol. The fraction of sp³-hybridized carbons (Fsp3) is 0.0690. The molecule has 0 aliphatic rings. The van der Waals surface area contributed by atoms with Crippen LogP contribution in [0.15, 0.2) is 78.9 Å². The number of aryl methyl sites for hydroxylation is 1. The molecule has 1 N–H and O–H groups in total. The zero-order chi connectivity index (χ0) is 23.5. The SMILES string of the molecule is Cc1ccc2nc(/C(C#N)=C\c3c(OCc4ccccc4C#N)ccc4ccccc34)[nH]c2c1. The fourth-order valence-corrected chi connectivity index (χ4v) is 4.01. The summed E-state index contributed by atoms with van der Waals surface area (Å²) in [6.45, 7) is 2.26. The van der Waals surface area contributed by atoms with Crippen LogP contribution in [0.2, 0.25) is 0 Å². The molecule has 1 heterocycles. The first-order chi connectivity index (χ1) is 16.7. The first kappa shape index (κ1) is 21.0. The van der Waals surface area contributed by atoms with Gasteiger partial charge in [0.05, 0.1) is 28.2 Å². The Morgan fingerprint density at radius 1 is 1.00 bits per heavy atom. The predicted octanol–water partition coefficient (Wildman–Crippen LogP) is 6.54. The highest BCUT2D eigenvalue weighted by molar-refractivity contribution is 6.00. The maximum Gasteiger partial charge on any atom is 0.149 e. The highest BCUT2D eigenvalue weighted by Crippen LogP contribution is 2.32. The molecule has 5 rings (SSSR count). The minimum atomic E-state index is 0.245. The second-order valence-corrected chi connectivity index (χ2v) is 8.03. The van der Waals surface area contributed by atoms with Crippen molar-refractivity contribution in [2.45, 2.75) is 13.5 Å². The van der Waals surface area contributed by atoms with E-state index in [0.717, 1.165) is 38.5 Å². The highest BCUT2D eigenvalue weighted by Gasteiger charge is 2.13. The summed E-state index contributed by atoms with van der Waals surface area (Å²) in [5, 5.41) is 21.4. The number of aromatic amines is 1. The van der Waals surface area contributed by atoms with Crippen LogP contribution >= 0.6 is 0 Å². The molecule has 4 aromatic carbocycles. The minimum Gasteiger partial charge on any atom is -0.488 e. The zero-order valence-corrected chi connectivity index (χ0v) is 18.5. The molecule has 1 aromatic heterocycles. The number of hydrogen-bond acceptors (Lipinski definition) is 4. The molecule has 0 saturated carbocycles. The van der Waals surface area contributed by atoms with Gasteiger partial charge in [-0.15, -0.1) is 0 Å². The molecule has 5 nitrogen and oxygen atoms in total. The first-order valence-electron chi connectivity index (χ1n) is 10.9. The highest BCUT2D eigenvalue weighted by atomic mass is 16.5. The van der Waals surface area contributed by atoms with Gasteiger partial charge in [0.2, 0.25) is 0 Å². The third-order valence-electron chi connectivity index (χ3n) is 5.75. The summed E-state index contributed by atoms with van der Waals surface area (Å²) in [7, 11) is 0. The van der Waals surface area contributed by atoms with E-state index in [0.29, 0.717) is 22.7 Å². The first-order valence-corrected chi connectivity index (χ1v) is 10.9. The minimum absolute atomic E-state index is 0.245. The monoisotopic (exact) mass is 440 g/mol. The van der Waals surface area contributed by atoms with Crippen molar-refractivity contribution in [3.63, 3.8) is 0 Å². The molecule has 0 radical (unpaired) electrons. The lowest BCUT2D eigenvalue weighted by Gasteiger charge is -2.13. The van der Waals surface area contributed by atoms with Crippen LogP contribution in [-0.4, -0.2) is 9.97 Å². The number of rotatable bonds is 5. The molecule has 0 saturated heterocycles. The van der Waals surface area contributed by atoms with E-state index in [9.17, 15) is 10.5 Å². The maximum absolute atomic E-state index is 10.0. The Labute approximate surface area is 197 Å². The van der Waals surface area contributed by atoms with Crippen molar-refractivity contribution in [1.82, 2.24) is 9.97 Å². The van der Waals surface area contributed by atoms with Crippen LogP contribution in [0.1, 0.15) is 28.1 Å². The van der Waals surface area contributed by atoms with Gasteiger partial charge in [0.25, 0.3) is 0 Å². The van der Waals surface area contributed by atoms with Gasteiger partial charge in [-0.25, -0.2) is 4.98 Å². The smallest absolute Gasteiger partial charge is 0.149 e. The Kier molecular flexibility index (Phi) is 5.52. The normalized spacial score (nSPS) is 11.3. The molecule has 0 aliphatic heterocycles. The number of allylic oxidation sites excluding steroid dienone is 1. The van der Waals surface area contributed by atoms with Crippen LogP contribution in [-0.2, 0) is 6.61 Å². The van der Waals surface area contributed by atoms with Crippen LogP contribution < -0.4 is 4.74 Å². The van der Waals surface area contributed by atoms with E-state index in [1.165, 1.54) is 0 Å². The standard InChI is InChI=1S/C29H20N4O/c1-19-10-12-26-27(14-19)33-29(32-26)23(17-31)15-25-24-9-5-4-6-20(24)11-13-28(25)34-18-22-8-3-2-7-21(22)16-30/h2-15H,18H2,1H3,(H,32,33)/b23-15-. The van der Waals surface area contributed by atoms with E-state index in [4.69, 9.17) is 4.74 Å². The van der Waals surface area contributed by atoms with Gasteiger partial charge in [0, 0.05) is 11.1 Å². The number of H-pyrrole nitrogens is 1. The van der Waals surface area contributed by atoms with Gasteiger partial charge in [-0.2, -0.15) is 10.5 Å². The molecule has 162 valence electrons. The zero-order valence-electron chi connectivity index (χ0n) is 18.5. The number of benzene rings is 4. The second-order valence-electron chi connectivity index (χ2n) is 8.03. The van der Waals surface area contributed by atoms with Crippen LogP contribution in [0.5, 0.6) is 5.75 Å². The Morgan fingerprint density at radius 3 is 2.68 bits per heavy atom. The maximum atomic E-state index is 10.0. The molecule has 34 heavy (non-hydrogen) atoms. The van der Waals surface area contributed by atoms with E-state index in [2.05, 4.69) is 22.1 Å². The lowest BCUT2D eigenvalue weighted by atomic mass is 10.0. The summed E-state index contributed by atoms with van der Waals surface area (Å²) in [4.78, 5) is 7.89. The van der Waals surface area contributed by atoms with E-state index < -0.39 is 0 Å². The average Bonchev–Trinajstić information content (AvgIpc) is 3.29. The number of hydrogen-bond donors (Lipinski definition) is 1. The molecular weight excluding hydrogens is 420 g/mol. The van der Waals surface area contributed by atoms with E-state index in [-0.39, 0.29) is 6.61 Å². The Morgan fingerprint density at radius 2 is 1.82 bits per heavy atom. The van der Waals surface area contributed by atoms with Crippen molar-refractivity contribution in [2.24, 2.45) is 0 Å². The second kappa shape index (κ2) is 8.94. The predicted molar refractivity (Wildman–Crippen MR) is 134 cm³/mol. The van der Waals surface area contributed by atoms with Gasteiger partial charge in [0.15, 0.2) is 0 Å². The lowest BCUT2D eigenvalue weighted by Crippen LogP contribution is -2.00. The number of aromatic nitrogens is 2. The van der Waals surface area contributed by atoms with Crippen LogP contribution in [0, 0.1) is 29.6 Å². The molecule has 0 atom stereocenters. The molecule has 5 aromatic rings. The summed E-state index contributed by atoms with van der Waals surface area (Å²) >= 11 is 0. The molecule has 5 heteroatoms. The van der Waals surface area contributed by atoms with Gasteiger partial charge in [0.1, 0.15) is 24.3 Å². The van der Waals surface area contributed by atoms with E-state index in [1.54, 1.807) is 6.07 Å². The summed E-state index contributed by atoms with van der Waals surface area (Å²) < 4.78 is 6.19. The van der Waals surface area contributed by atoms with Crippen LogP contribution in [0.25, 0.3) is 33.5 Å². The molecule has 0 unspecified atom stereocenters. The van der Waals surface area contributed by atoms with Crippen molar-refractivity contribution in [1.29, 1.82) is 10.5 Å². The van der Waals surface area contributed by atoms with Crippen molar-refractivity contribution in [2.75, 3.05) is 0 Å². The van der Waals surface area contributed by atoms with Gasteiger partial charge in [-0.3, -0.25) is 0 Å². The number of ether oxygens (including phenoxy) is 1. The van der Waals surface area contributed by atoms with Gasteiger partial charge in [-0.05, 0) is 53.6 Å². The van der Waals surface area contributed by atoms with Gasteiger partial charge >= 0.3 is 0 Å². The number of imidazole rings is 1. The quantitative estimate of drug-likeness (QED) is 0.314. The number of fused-ring (bicyclic) bond motifs is 2. The lowest BCUT2D eigenvalue weighted by molar-refractivity contribution is 0.305. The molecule has 0 bridgehead atoms. The summed E-state index contributed by atoms with van der Waals surface area (Å²) in [6, 6.07) is 29.7. The van der Waals surface area contributed by atoms with Crippen molar-refractivity contribution in [3.05, 3.63) is 107 Å². The van der Waals surface area contributed by atoms with Crippen LogP contribution in [0.4, 0.5) is 0 Å². The van der Waals surface area contributed by atoms with E-state index in [1.807, 2.05) is 85.8 Å². The third kappa shape index (κ3) is 3.99. The number of nitrogens with one attached hydrogen (secondary N) is 1. The Bertz CT molecular complexity index is 1650. The summed E-state index contributed by atoms with van der Waals surface area (Å²) in [6.07, 6.45) is 1.82. The molecule has 0 spiro atoms. The molecule has 0 fully saturated rings. The molecule has 0 amide bonds. The van der Waals surface area contributed by atoms with E-state index >= 15 is 0 Å². The van der Waals surface area contributed by atoms with Crippen molar-refractivity contribution >= 4 is 33.5 Å². The Balaban J connectivity index is 1.61. The van der Waals surface area contributed by atoms with Gasteiger partial charge in [-0.1, -0.05) is 54.6 Å². The summed E-state index contributed by atoms with van der Waals surface area (Å²) in [5.74, 6) is 1.14. The summed E-state index contributed by atoms with van der Waals surface area (Å²) in [5.41, 5.74) is 5.40. The van der Waals surface area contributed by atoms with Crippen molar-refractivity contribution in [3.8, 4) is 17.9 Å². The largest absolute Gasteiger partial charge is 0.488 e. The van der Waals surface area contributed by atoms with Gasteiger partial charge < -0.3 is 9.72 Å². The molecule has 0 aliphatic carbocycles. The van der Waals surface area contributed by atoms with Crippen LogP contribution in [0.3, 0.4) is 0 Å². The number of nitriles is 2. The fourth-order valence-electron chi connectivity index (χ4n) is 4.01. The van der Waals surface area contributed by atoms with Crippen molar-refractivity contribution < 1.29 is 4.74 Å². The third-order valence-corrected chi connectivity index (χ3v) is 5.75. The molecular formula is C29H20N4O. The Hall–Kier alpha value is -4.87. The topological polar surface area (TPSA) is 85.5 Å². The number of nitrogens with zero attached hydrogens (tertiary/aromatic N) is 3.